The number of benzene rings is 1. The predicted molar refractivity (Wildman–Crippen MR) is 90.5 cm³/mol. The van der Waals surface area contributed by atoms with Crippen molar-refractivity contribution in [3.63, 3.8) is 0 Å². The Morgan fingerprint density at radius 2 is 2.08 bits per heavy atom. The van der Waals surface area contributed by atoms with Crippen LogP contribution >= 0.6 is 11.6 Å². The molecule has 0 aromatic heterocycles. The van der Waals surface area contributed by atoms with Crippen LogP contribution in [0.1, 0.15) is 24.3 Å². The standard InChI is InChI=1S/C16H19ClN2O4S/c17-11-3-1-2-10(6-11)13-7-14(13)16(21)18-8-15(20)19-12-4-5-24(22,23)9-12/h1-3,6,12-14H,4-5,7-9H2,(H,18,21)(H,19,20)/t12-,13-,14-/m1/s1. The van der Waals surface area contributed by atoms with Gasteiger partial charge < -0.3 is 10.6 Å². The highest BCUT2D eigenvalue weighted by atomic mass is 35.5. The van der Waals surface area contributed by atoms with Gasteiger partial charge in [-0.1, -0.05) is 23.7 Å². The molecule has 2 aliphatic rings. The average Bonchev–Trinajstić information content (AvgIpc) is 3.24. The number of sulfone groups is 1. The van der Waals surface area contributed by atoms with Crippen LogP contribution in [0.2, 0.25) is 5.02 Å². The molecule has 3 rings (SSSR count). The molecule has 1 saturated carbocycles. The highest BCUT2D eigenvalue weighted by Crippen LogP contribution is 2.47. The fourth-order valence-corrected chi connectivity index (χ4v) is 4.95. The summed E-state index contributed by atoms with van der Waals surface area (Å²) >= 11 is 5.95. The zero-order valence-corrected chi connectivity index (χ0v) is 14.6. The van der Waals surface area contributed by atoms with E-state index in [0.29, 0.717) is 11.4 Å². The number of rotatable bonds is 5. The van der Waals surface area contributed by atoms with Crippen LogP contribution in [-0.4, -0.2) is 44.3 Å². The van der Waals surface area contributed by atoms with Gasteiger partial charge in [-0.2, -0.15) is 0 Å². The monoisotopic (exact) mass is 370 g/mol. The van der Waals surface area contributed by atoms with Gasteiger partial charge in [0.1, 0.15) is 0 Å². The van der Waals surface area contributed by atoms with E-state index in [1.807, 2.05) is 18.2 Å². The molecule has 3 atom stereocenters. The van der Waals surface area contributed by atoms with Crippen LogP contribution in [0.5, 0.6) is 0 Å². The Kier molecular flexibility index (Phi) is 4.83. The van der Waals surface area contributed by atoms with Crippen molar-refractivity contribution in [3.8, 4) is 0 Å². The number of carbonyl (C=O) groups excluding carboxylic acids is 2. The minimum absolute atomic E-state index is 0.0217. The second kappa shape index (κ2) is 6.72. The van der Waals surface area contributed by atoms with Gasteiger partial charge >= 0.3 is 0 Å². The Hall–Kier alpha value is -1.60. The van der Waals surface area contributed by atoms with Crippen molar-refractivity contribution in [1.29, 1.82) is 0 Å². The van der Waals surface area contributed by atoms with Crippen molar-refractivity contribution in [2.45, 2.75) is 24.8 Å². The molecule has 1 aromatic carbocycles. The SMILES string of the molecule is O=C(CNC(=O)[C@@H]1C[C@@H]1c1cccc(Cl)c1)N[C@@H]1CCS(=O)(=O)C1. The molecule has 24 heavy (non-hydrogen) atoms. The number of halogens is 1. The molecular weight excluding hydrogens is 352 g/mol. The van der Waals surface area contributed by atoms with E-state index >= 15 is 0 Å². The Bertz CT molecular complexity index is 765. The van der Waals surface area contributed by atoms with Crippen molar-refractivity contribution in [1.82, 2.24) is 10.6 Å². The molecule has 8 heteroatoms. The van der Waals surface area contributed by atoms with E-state index in [9.17, 15) is 18.0 Å². The van der Waals surface area contributed by atoms with Crippen molar-refractivity contribution in [2.75, 3.05) is 18.1 Å². The lowest BCUT2D eigenvalue weighted by Gasteiger charge is -2.11. The maximum absolute atomic E-state index is 12.1. The van der Waals surface area contributed by atoms with Crippen LogP contribution in [-0.2, 0) is 19.4 Å². The van der Waals surface area contributed by atoms with Gasteiger partial charge in [0.15, 0.2) is 9.84 Å². The average molecular weight is 371 g/mol. The minimum atomic E-state index is -3.03. The van der Waals surface area contributed by atoms with Crippen LogP contribution in [0.4, 0.5) is 0 Å². The molecular formula is C16H19ClN2O4S. The quantitative estimate of drug-likeness (QED) is 0.804. The summed E-state index contributed by atoms with van der Waals surface area (Å²) in [6.07, 6.45) is 1.18. The molecule has 1 saturated heterocycles. The van der Waals surface area contributed by atoms with Gasteiger partial charge in [0, 0.05) is 17.0 Å². The topological polar surface area (TPSA) is 92.3 Å². The first-order chi connectivity index (χ1) is 11.3. The van der Waals surface area contributed by atoms with Gasteiger partial charge in [0.25, 0.3) is 0 Å². The molecule has 0 spiro atoms. The Morgan fingerprint density at radius 1 is 1.29 bits per heavy atom. The number of nitrogens with one attached hydrogen (secondary N) is 2. The first-order valence-corrected chi connectivity index (χ1v) is 10.1. The summed E-state index contributed by atoms with van der Waals surface area (Å²) in [6, 6.07) is 7.09. The molecule has 0 unspecified atom stereocenters. The van der Waals surface area contributed by atoms with E-state index < -0.39 is 9.84 Å². The molecule has 1 aliphatic carbocycles. The maximum Gasteiger partial charge on any atom is 0.239 e. The Labute approximate surface area is 145 Å². The summed E-state index contributed by atoms with van der Waals surface area (Å²) in [5.74, 6) is -0.422. The number of hydrogen-bond donors (Lipinski definition) is 2. The van der Waals surface area contributed by atoms with E-state index in [2.05, 4.69) is 10.6 Å². The van der Waals surface area contributed by atoms with Crippen LogP contribution in [0, 0.1) is 5.92 Å². The second-order valence-electron chi connectivity index (χ2n) is 6.39. The zero-order chi connectivity index (χ0) is 17.3. The normalized spacial score (nSPS) is 27.5. The van der Waals surface area contributed by atoms with Gasteiger partial charge in [-0.3, -0.25) is 9.59 Å². The molecule has 0 bridgehead atoms. The molecule has 1 heterocycles. The van der Waals surface area contributed by atoms with Crippen molar-refractivity contribution >= 4 is 33.3 Å². The van der Waals surface area contributed by atoms with E-state index in [4.69, 9.17) is 11.6 Å². The lowest BCUT2D eigenvalue weighted by atomic mass is 10.1. The smallest absolute Gasteiger partial charge is 0.239 e. The van der Waals surface area contributed by atoms with E-state index in [1.54, 1.807) is 6.07 Å². The van der Waals surface area contributed by atoms with E-state index in [1.165, 1.54) is 0 Å². The van der Waals surface area contributed by atoms with E-state index in [-0.39, 0.29) is 47.7 Å². The van der Waals surface area contributed by atoms with Crippen LogP contribution in [0.3, 0.4) is 0 Å². The molecule has 1 aromatic rings. The summed E-state index contributed by atoms with van der Waals surface area (Å²) in [5, 5.41) is 5.91. The van der Waals surface area contributed by atoms with Crippen LogP contribution in [0.25, 0.3) is 0 Å². The van der Waals surface area contributed by atoms with Crippen molar-refractivity contribution < 1.29 is 18.0 Å². The van der Waals surface area contributed by atoms with Gasteiger partial charge in [0.05, 0.1) is 18.1 Å². The van der Waals surface area contributed by atoms with Crippen LogP contribution in [0.15, 0.2) is 24.3 Å². The third kappa shape index (κ3) is 4.27. The van der Waals surface area contributed by atoms with Gasteiger partial charge in [0.2, 0.25) is 11.8 Å². The number of hydrogen-bond acceptors (Lipinski definition) is 4. The number of carbonyl (C=O) groups is 2. The first-order valence-electron chi connectivity index (χ1n) is 7.87. The highest BCUT2D eigenvalue weighted by Gasteiger charge is 2.44. The van der Waals surface area contributed by atoms with Crippen LogP contribution < -0.4 is 10.6 Å². The molecule has 2 amide bonds. The summed E-state index contributed by atoms with van der Waals surface area (Å²) in [6.45, 7) is -0.131. The summed E-state index contributed by atoms with van der Waals surface area (Å²) in [5.41, 5.74) is 1.03. The third-order valence-electron chi connectivity index (χ3n) is 4.42. The zero-order valence-electron chi connectivity index (χ0n) is 13.0. The third-order valence-corrected chi connectivity index (χ3v) is 6.43. The van der Waals surface area contributed by atoms with Gasteiger partial charge in [-0.15, -0.1) is 0 Å². The lowest BCUT2D eigenvalue weighted by molar-refractivity contribution is -0.127. The Balaban J connectivity index is 1.43. The first kappa shape index (κ1) is 17.2. The maximum atomic E-state index is 12.1. The molecule has 130 valence electrons. The minimum Gasteiger partial charge on any atom is -0.351 e. The lowest BCUT2D eigenvalue weighted by Crippen LogP contribution is -2.42. The Morgan fingerprint density at radius 3 is 2.75 bits per heavy atom. The molecule has 6 nitrogen and oxygen atoms in total. The highest BCUT2D eigenvalue weighted by molar-refractivity contribution is 7.91. The fraction of sp³-hybridized carbons (Fsp3) is 0.500. The van der Waals surface area contributed by atoms with Gasteiger partial charge in [-0.05, 0) is 36.5 Å². The summed E-state index contributed by atoms with van der Waals surface area (Å²) in [7, 11) is -3.03. The van der Waals surface area contributed by atoms with Crippen molar-refractivity contribution in [3.05, 3.63) is 34.9 Å². The van der Waals surface area contributed by atoms with Crippen molar-refractivity contribution in [2.24, 2.45) is 5.92 Å². The summed E-state index contributed by atoms with van der Waals surface area (Å²) < 4.78 is 22.7. The molecule has 2 N–H and O–H groups in total. The molecule has 2 fully saturated rings. The molecule has 0 radical (unpaired) electrons. The second-order valence-corrected chi connectivity index (χ2v) is 9.05. The fourth-order valence-electron chi connectivity index (χ4n) is 3.08. The predicted octanol–water partition coefficient (Wildman–Crippen LogP) is 0.863. The number of amides is 2. The van der Waals surface area contributed by atoms with Gasteiger partial charge in [-0.25, -0.2) is 8.42 Å². The molecule has 1 aliphatic heterocycles. The summed E-state index contributed by atoms with van der Waals surface area (Å²) in [4.78, 5) is 23.9. The largest absolute Gasteiger partial charge is 0.351 e. The van der Waals surface area contributed by atoms with E-state index in [0.717, 1.165) is 12.0 Å².